The molecule has 0 heterocycles. The number of hydrogen-bond donors (Lipinski definition) is 2. The van der Waals surface area contributed by atoms with Gasteiger partial charge in [0, 0.05) is 6.04 Å². The molecule has 0 radical (unpaired) electrons. The summed E-state index contributed by atoms with van der Waals surface area (Å²) in [5, 5.41) is 18.0. The number of halogens is 2. The van der Waals surface area contributed by atoms with E-state index >= 15 is 0 Å². The van der Waals surface area contributed by atoms with Gasteiger partial charge in [-0.2, -0.15) is 5.26 Å². The molecule has 1 atom stereocenters. The first-order chi connectivity index (χ1) is 6.56. The summed E-state index contributed by atoms with van der Waals surface area (Å²) in [7, 11) is 0. The molecule has 0 amide bonds. The molecule has 1 rings (SSSR count). The molecule has 14 heavy (non-hydrogen) atoms. The number of phenolic OH excluding ortho intramolecular Hbond substituents is 1. The van der Waals surface area contributed by atoms with Gasteiger partial charge in [0.05, 0.1) is 19.6 Å². The van der Waals surface area contributed by atoms with Gasteiger partial charge in [-0.15, -0.1) is 0 Å². The van der Waals surface area contributed by atoms with Gasteiger partial charge in [-0.3, -0.25) is 0 Å². The highest BCUT2D eigenvalue weighted by atomic mass is 127. The summed E-state index contributed by atoms with van der Waals surface area (Å²) in [4.78, 5) is 0. The maximum Gasteiger partial charge on any atom is 0.142 e. The molecule has 74 valence electrons. The second-order valence-electron chi connectivity index (χ2n) is 2.80. The van der Waals surface area contributed by atoms with Gasteiger partial charge in [-0.25, -0.2) is 0 Å². The van der Waals surface area contributed by atoms with Gasteiger partial charge < -0.3 is 10.8 Å². The Balaban J connectivity index is 3.07. The van der Waals surface area contributed by atoms with E-state index < -0.39 is 0 Å². The van der Waals surface area contributed by atoms with Gasteiger partial charge in [0.25, 0.3) is 0 Å². The summed E-state index contributed by atoms with van der Waals surface area (Å²) in [6.07, 6.45) is 0.289. The maximum absolute atomic E-state index is 9.52. The van der Waals surface area contributed by atoms with Crippen LogP contribution in [0.15, 0.2) is 12.1 Å². The topological polar surface area (TPSA) is 70.0 Å². The summed E-state index contributed by atoms with van der Waals surface area (Å²) in [6.45, 7) is 0. The average Bonchev–Trinajstić information content (AvgIpc) is 2.13. The molecule has 0 saturated carbocycles. The summed E-state index contributed by atoms with van der Waals surface area (Å²) in [5.41, 5.74) is 6.67. The van der Waals surface area contributed by atoms with E-state index in [2.05, 4.69) is 0 Å². The Hall–Kier alpha value is -0.0700. The van der Waals surface area contributed by atoms with Crippen LogP contribution < -0.4 is 5.73 Å². The monoisotopic (exact) mass is 414 g/mol. The highest BCUT2D eigenvalue weighted by Crippen LogP contribution is 2.29. The van der Waals surface area contributed by atoms with Crippen LogP contribution in [-0.4, -0.2) is 5.11 Å². The number of nitrogens with two attached hydrogens (primary N) is 1. The third-order valence-corrected chi connectivity index (χ3v) is 3.42. The molecule has 1 aromatic rings. The van der Waals surface area contributed by atoms with Crippen molar-refractivity contribution in [1.29, 1.82) is 5.26 Å². The average molecular weight is 414 g/mol. The Labute approximate surface area is 110 Å². The highest BCUT2D eigenvalue weighted by Gasteiger charge is 2.10. The zero-order valence-corrected chi connectivity index (χ0v) is 11.5. The van der Waals surface area contributed by atoms with Gasteiger partial charge in [0.15, 0.2) is 0 Å². The van der Waals surface area contributed by atoms with Crippen LogP contribution in [0.5, 0.6) is 5.75 Å². The van der Waals surface area contributed by atoms with Gasteiger partial charge in [0.1, 0.15) is 5.75 Å². The fourth-order valence-electron chi connectivity index (χ4n) is 1.02. The van der Waals surface area contributed by atoms with Crippen molar-refractivity contribution in [1.82, 2.24) is 0 Å². The number of benzene rings is 1. The minimum absolute atomic E-state index is 0.275. The quantitative estimate of drug-likeness (QED) is 0.732. The molecule has 0 unspecified atom stereocenters. The van der Waals surface area contributed by atoms with Crippen molar-refractivity contribution in [3.05, 3.63) is 24.8 Å². The number of phenols is 1. The third-order valence-electron chi connectivity index (χ3n) is 1.78. The van der Waals surface area contributed by atoms with Crippen LogP contribution in [0.1, 0.15) is 18.0 Å². The van der Waals surface area contributed by atoms with Crippen LogP contribution in [0.2, 0.25) is 0 Å². The summed E-state index contributed by atoms with van der Waals surface area (Å²) < 4.78 is 1.52. The lowest BCUT2D eigenvalue weighted by Crippen LogP contribution is -2.09. The molecule has 5 heteroatoms. The van der Waals surface area contributed by atoms with E-state index in [1.54, 1.807) is 12.1 Å². The lowest BCUT2D eigenvalue weighted by atomic mass is 10.1. The Bertz CT molecular complexity index is 364. The van der Waals surface area contributed by atoms with E-state index in [0.29, 0.717) is 0 Å². The maximum atomic E-state index is 9.52. The largest absolute Gasteiger partial charge is 0.506 e. The fraction of sp³-hybridized carbons (Fsp3) is 0.222. The number of nitriles is 1. The standard InChI is InChI=1S/C9H8I2N2O/c10-6-3-5(8(13)1-2-12)4-7(11)9(6)14/h3-4,8,14H,1,13H2/t8-/m1/s1. The van der Waals surface area contributed by atoms with Crippen LogP contribution in [0.25, 0.3) is 0 Å². The number of hydrogen-bond acceptors (Lipinski definition) is 3. The van der Waals surface area contributed by atoms with Crippen LogP contribution >= 0.6 is 45.2 Å². The molecule has 0 bridgehead atoms. The fourth-order valence-corrected chi connectivity index (χ4v) is 2.83. The SMILES string of the molecule is N#CC[C@@H](N)c1cc(I)c(O)c(I)c1. The molecule has 0 aliphatic rings. The zero-order chi connectivity index (χ0) is 10.7. The van der Waals surface area contributed by atoms with E-state index in [1.807, 2.05) is 51.3 Å². The molecule has 0 saturated heterocycles. The van der Waals surface area contributed by atoms with Crippen LogP contribution in [0.3, 0.4) is 0 Å². The van der Waals surface area contributed by atoms with Gasteiger partial charge >= 0.3 is 0 Å². The first-order valence-corrected chi connectivity index (χ1v) is 6.02. The van der Waals surface area contributed by atoms with Crippen molar-refractivity contribution in [3.63, 3.8) is 0 Å². The van der Waals surface area contributed by atoms with E-state index in [4.69, 9.17) is 11.0 Å². The van der Waals surface area contributed by atoms with Gasteiger partial charge in [0.2, 0.25) is 0 Å². The minimum Gasteiger partial charge on any atom is -0.506 e. The Morgan fingerprint density at radius 3 is 2.36 bits per heavy atom. The normalized spacial score (nSPS) is 12.1. The van der Waals surface area contributed by atoms with E-state index in [9.17, 15) is 5.11 Å². The van der Waals surface area contributed by atoms with Gasteiger partial charge in [-0.1, -0.05) is 0 Å². The number of rotatable bonds is 2. The van der Waals surface area contributed by atoms with Crippen molar-refractivity contribution in [2.75, 3.05) is 0 Å². The zero-order valence-electron chi connectivity index (χ0n) is 7.17. The van der Waals surface area contributed by atoms with Crippen LogP contribution in [0, 0.1) is 18.5 Å². The van der Waals surface area contributed by atoms with Crippen LogP contribution in [0.4, 0.5) is 0 Å². The van der Waals surface area contributed by atoms with E-state index in [0.717, 1.165) is 12.7 Å². The van der Waals surface area contributed by atoms with Crippen LogP contribution in [-0.2, 0) is 0 Å². The summed E-state index contributed by atoms with van der Waals surface area (Å²) in [5.74, 6) is 0.277. The second-order valence-corrected chi connectivity index (χ2v) is 5.13. The Morgan fingerprint density at radius 2 is 1.93 bits per heavy atom. The molecular weight excluding hydrogens is 406 g/mol. The van der Waals surface area contributed by atoms with Gasteiger partial charge in [-0.05, 0) is 62.9 Å². The van der Waals surface area contributed by atoms with E-state index in [-0.39, 0.29) is 18.2 Å². The summed E-state index contributed by atoms with van der Waals surface area (Å²) >= 11 is 4.09. The Kier molecular flexibility index (Phi) is 4.40. The highest BCUT2D eigenvalue weighted by molar-refractivity contribution is 14.1. The minimum atomic E-state index is -0.275. The molecule has 0 spiro atoms. The predicted molar refractivity (Wildman–Crippen MR) is 70.7 cm³/mol. The molecule has 0 aliphatic heterocycles. The Morgan fingerprint density at radius 1 is 1.43 bits per heavy atom. The third kappa shape index (κ3) is 2.71. The molecule has 1 aromatic carbocycles. The molecule has 3 nitrogen and oxygen atoms in total. The predicted octanol–water partition coefficient (Wildman–Crippen LogP) is 2.51. The number of nitrogens with zero attached hydrogens (tertiary/aromatic N) is 1. The molecule has 0 aromatic heterocycles. The molecule has 0 fully saturated rings. The molecular formula is C9H8I2N2O. The lowest BCUT2D eigenvalue weighted by Gasteiger charge is -2.10. The van der Waals surface area contributed by atoms with Crippen molar-refractivity contribution in [2.24, 2.45) is 5.73 Å². The number of aromatic hydroxyl groups is 1. The van der Waals surface area contributed by atoms with Crippen molar-refractivity contribution < 1.29 is 5.11 Å². The summed E-state index contributed by atoms with van der Waals surface area (Å²) in [6, 6.07) is 5.36. The second kappa shape index (κ2) is 5.14. The first kappa shape index (κ1) is 12.0. The lowest BCUT2D eigenvalue weighted by molar-refractivity contribution is 0.467. The first-order valence-electron chi connectivity index (χ1n) is 3.86. The van der Waals surface area contributed by atoms with E-state index in [1.165, 1.54) is 0 Å². The van der Waals surface area contributed by atoms with Crippen molar-refractivity contribution >= 4 is 45.2 Å². The van der Waals surface area contributed by atoms with Crippen molar-refractivity contribution in [2.45, 2.75) is 12.5 Å². The van der Waals surface area contributed by atoms with Crippen molar-refractivity contribution in [3.8, 4) is 11.8 Å². The molecule has 3 N–H and O–H groups in total. The molecule has 0 aliphatic carbocycles. The smallest absolute Gasteiger partial charge is 0.142 e.